The van der Waals surface area contributed by atoms with Crippen molar-refractivity contribution in [2.75, 3.05) is 20.1 Å². The van der Waals surface area contributed by atoms with E-state index in [1.165, 1.54) is 0 Å². The number of nitrogens with one attached hydrogen (secondary N) is 1. The Morgan fingerprint density at radius 2 is 2.10 bits per heavy atom. The highest BCUT2D eigenvalue weighted by Crippen LogP contribution is 2.28. The van der Waals surface area contributed by atoms with Crippen molar-refractivity contribution in [1.29, 1.82) is 0 Å². The van der Waals surface area contributed by atoms with Gasteiger partial charge in [0.1, 0.15) is 17.1 Å². The fourth-order valence-electron chi connectivity index (χ4n) is 2.90. The monoisotopic (exact) mass is 288 g/mol. The second-order valence-electron chi connectivity index (χ2n) is 5.76. The van der Waals surface area contributed by atoms with Gasteiger partial charge in [-0.3, -0.25) is 4.79 Å². The lowest BCUT2D eigenvalue weighted by atomic mass is 10.0. The van der Waals surface area contributed by atoms with E-state index in [9.17, 15) is 9.90 Å². The first-order valence-electron chi connectivity index (χ1n) is 7.26. The molecule has 1 aromatic carbocycles. The van der Waals surface area contributed by atoms with E-state index < -0.39 is 0 Å². The molecule has 5 heteroatoms. The zero-order valence-corrected chi connectivity index (χ0v) is 12.3. The van der Waals surface area contributed by atoms with Gasteiger partial charge in [-0.05, 0) is 58.1 Å². The average Bonchev–Trinajstić information content (AvgIpc) is 2.76. The number of carbonyl (C=O) groups excluding carboxylic acids is 1. The average molecular weight is 288 g/mol. The molecule has 0 bridgehead atoms. The van der Waals surface area contributed by atoms with Crippen LogP contribution in [0.15, 0.2) is 22.6 Å². The minimum Gasteiger partial charge on any atom is -0.508 e. The van der Waals surface area contributed by atoms with Crippen LogP contribution in [0.25, 0.3) is 11.0 Å². The number of hydrogen-bond donors (Lipinski definition) is 2. The lowest BCUT2D eigenvalue weighted by Crippen LogP contribution is -2.43. The van der Waals surface area contributed by atoms with E-state index in [-0.39, 0.29) is 17.7 Å². The van der Waals surface area contributed by atoms with Gasteiger partial charge in [-0.25, -0.2) is 0 Å². The summed E-state index contributed by atoms with van der Waals surface area (Å²) < 4.78 is 5.60. The summed E-state index contributed by atoms with van der Waals surface area (Å²) in [5.74, 6) is 0.601. The fourth-order valence-corrected chi connectivity index (χ4v) is 2.90. The second kappa shape index (κ2) is 5.41. The Hall–Kier alpha value is -2.01. The van der Waals surface area contributed by atoms with Crippen molar-refractivity contribution < 1.29 is 14.3 Å². The topological polar surface area (TPSA) is 65.7 Å². The quantitative estimate of drug-likeness (QED) is 0.889. The Labute approximate surface area is 123 Å². The molecule has 2 aromatic rings. The second-order valence-corrected chi connectivity index (χ2v) is 5.76. The number of furan rings is 1. The van der Waals surface area contributed by atoms with Gasteiger partial charge in [0.2, 0.25) is 0 Å². The highest BCUT2D eigenvalue weighted by molar-refractivity contribution is 6.07. The predicted octanol–water partition coefficient (Wildman–Crippen LogP) is 2.27. The van der Waals surface area contributed by atoms with E-state index in [0.29, 0.717) is 22.3 Å². The van der Waals surface area contributed by atoms with Crippen molar-refractivity contribution in [2.45, 2.75) is 25.8 Å². The summed E-state index contributed by atoms with van der Waals surface area (Å²) in [6.07, 6.45) is 1.92. The third-order valence-electron chi connectivity index (χ3n) is 4.13. The molecular formula is C16H20N2O3. The highest BCUT2D eigenvalue weighted by atomic mass is 16.3. The van der Waals surface area contributed by atoms with Gasteiger partial charge < -0.3 is 19.7 Å². The Bertz CT molecular complexity index is 669. The van der Waals surface area contributed by atoms with Crippen LogP contribution in [0.4, 0.5) is 0 Å². The van der Waals surface area contributed by atoms with Gasteiger partial charge in [-0.1, -0.05) is 0 Å². The molecule has 0 radical (unpaired) electrons. The van der Waals surface area contributed by atoms with Crippen molar-refractivity contribution in [1.82, 2.24) is 10.2 Å². The summed E-state index contributed by atoms with van der Waals surface area (Å²) in [5.41, 5.74) is 1.15. The van der Waals surface area contributed by atoms with Gasteiger partial charge in [0.15, 0.2) is 0 Å². The van der Waals surface area contributed by atoms with Gasteiger partial charge in [-0.2, -0.15) is 0 Å². The SMILES string of the molecule is Cc1oc2ccc(O)cc2c1C(=O)NC1CCN(C)CC1. The van der Waals surface area contributed by atoms with Crippen LogP contribution in [0.2, 0.25) is 0 Å². The maximum absolute atomic E-state index is 12.5. The third kappa shape index (κ3) is 2.74. The number of carbonyl (C=O) groups is 1. The molecule has 0 aliphatic carbocycles. The largest absolute Gasteiger partial charge is 0.508 e. The van der Waals surface area contributed by atoms with Crippen LogP contribution < -0.4 is 5.32 Å². The van der Waals surface area contributed by atoms with Gasteiger partial charge in [0.05, 0.1) is 5.56 Å². The normalized spacial score (nSPS) is 17.2. The summed E-state index contributed by atoms with van der Waals surface area (Å²) in [5, 5.41) is 13.4. The zero-order chi connectivity index (χ0) is 15.0. The van der Waals surface area contributed by atoms with E-state index in [0.717, 1.165) is 25.9 Å². The lowest BCUT2D eigenvalue weighted by Gasteiger charge is -2.29. The maximum Gasteiger partial charge on any atom is 0.255 e. The first-order valence-corrected chi connectivity index (χ1v) is 7.26. The third-order valence-corrected chi connectivity index (χ3v) is 4.13. The number of aryl methyl sites for hydroxylation is 1. The number of fused-ring (bicyclic) bond motifs is 1. The van der Waals surface area contributed by atoms with Crippen LogP contribution in [0.3, 0.4) is 0 Å². The summed E-state index contributed by atoms with van der Waals surface area (Å²) in [7, 11) is 2.09. The maximum atomic E-state index is 12.5. The molecule has 0 spiro atoms. The molecule has 0 atom stereocenters. The van der Waals surface area contributed by atoms with Crippen LogP contribution in [0.5, 0.6) is 5.75 Å². The number of amides is 1. The van der Waals surface area contributed by atoms with Gasteiger partial charge >= 0.3 is 0 Å². The summed E-state index contributed by atoms with van der Waals surface area (Å²) in [6, 6.07) is 5.03. The molecule has 3 rings (SSSR count). The van der Waals surface area contributed by atoms with Crippen molar-refractivity contribution in [3.05, 3.63) is 29.5 Å². The molecule has 2 heterocycles. The van der Waals surface area contributed by atoms with Crippen LogP contribution in [-0.4, -0.2) is 42.1 Å². The minimum absolute atomic E-state index is 0.119. The number of benzene rings is 1. The molecule has 0 saturated carbocycles. The van der Waals surface area contributed by atoms with Crippen molar-refractivity contribution >= 4 is 16.9 Å². The van der Waals surface area contributed by atoms with E-state index in [2.05, 4.69) is 17.3 Å². The molecule has 0 unspecified atom stereocenters. The van der Waals surface area contributed by atoms with Gasteiger partial charge in [0, 0.05) is 11.4 Å². The number of rotatable bonds is 2. The lowest BCUT2D eigenvalue weighted by molar-refractivity contribution is 0.0917. The highest BCUT2D eigenvalue weighted by Gasteiger charge is 2.23. The Morgan fingerprint density at radius 1 is 1.38 bits per heavy atom. The molecule has 1 fully saturated rings. The molecule has 1 aliphatic rings. The molecule has 112 valence electrons. The van der Waals surface area contributed by atoms with Crippen LogP contribution in [0.1, 0.15) is 29.0 Å². The number of nitrogens with zero attached hydrogens (tertiary/aromatic N) is 1. The van der Waals surface area contributed by atoms with E-state index in [4.69, 9.17) is 4.42 Å². The van der Waals surface area contributed by atoms with E-state index in [1.54, 1.807) is 25.1 Å². The number of phenolic OH excluding ortho intramolecular Hbond substituents is 1. The van der Waals surface area contributed by atoms with Crippen LogP contribution in [0, 0.1) is 6.92 Å². The number of phenols is 1. The molecular weight excluding hydrogens is 268 g/mol. The molecule has 1 saturated heterocycles. The van der Waals surface area contributed by atoms with Gasteiger partial charge in [0.25, 0.3) is 5.91 Å². The molecule has 5 nitrogen and oxygen atoms in total. The summed E-state index contributed by atoms with van der Waals surface area (Å²) in [4.78, 5) is 14.8. The minimum atomic E-state index is -0.119. The van der Waals surface area contributed by atoms with Crippen molar-refractivity contribution in [3.8, 4) is 5.75 Å². The van der Waals surface area contributed by atoms with Crippen molar-refractivity contribution in [3.63, 3.8) is 0 Å². The summed E-state index contributed by atoms with van der Waals surface area (Å²) in [6.45, 7) is 3.77. The Balaban J connectivity index is 1.84. The molecule has 1 aromatic heterocycles. The standard InChI is InChI=1S/C16H20N2O3/c1-10-15(13-9-12(19)3-4-14(13)21-10)16(20)17-11-5-7-18(2)8-6-11/h3-4,9,11,19H,5-8H2,1-2H3,(H,17,20). The number of aromatic hydroxyl groups is 1. The molecule has 1 amide bonds. The zero-order valence-electron chi connectivity index (χ0n) is 12.3. The first-order chi connectivity index (χ1) is 10.0. The van der Waals surface area contributed by atoms with Crippen LogP contribution in [-0.2, 0) is 0 Å². The summed E-state index contributed by atoms with van der Waals surface area (Å²) >= 11 is 0. The number of likely N-dealkylation sites (tertiary alicyclic amines) is 1. The molecule has 2 N–H and O–H groups in total. The van der Waals surface area contributed by atoms with Crippen molar-refractivity contribution in [2.24, 2.45) is 0 Å². The Morgan fingerprint density at radius 3 is 2.81 bits per heavy atom. The number of piperidine rings is 1. The smallest absolute Gasteiger partial charge is 0.255 e. The Kier molecular flexibility index (Phi) is 3.59. The molecule has 21 heavy (non-hydrogen) atoms. The van der Waals surface area contributed by atoms with E-state index in [1.807, 2.05) is 0 Å². The molecule has 1 aliphatic heterocycles. The van der Waals surface area contributed by atoms with Crippen LogP contribution >= 0.6 is 0 Å². The number of hydrogen-bond acceptors (Lipinski definition) is 4. The van der Waals surface area contributed by atoms with E-state index >= 15 is 0 Å². The predicted molar refractivity (Wildman–Crippen MR) is 80.6 cm³/mol. The fraction of sp³-hybridized carbons (Fsp3) is 0.438. The first kappa shape index (κ1) is 13.9. The van der Waals surface area contributed by atoms with Gasteiger partial charge in [-0.15, -0.1) is 0 Å².